The highest BCUT2D eigenvalue weighted by Crippen LogP contribution is 2.21. The Morgan fingerprint density at radius 3 is 2.82 bits per heavy atom. The number of likely N-dealkylation sites (N-methyl/N-ethyl adjacent to an activating group) is 1. The highest BCUT2D eigenvalue weighted by atomic mass is 19.1. The summed E-state index contributed by atoms with van der Waals surface area (Å²) in [6.07, 6.45) is 3.55. The van der Waals surface area contributed by atoms with E-state index in [4.69, 9.17) is 4.52 Å². The van der Waals surface area contributed by atoms with Gasteiger partial charge in [0, 0.05) is 44.4 Å². The van der Waals surface area contributed by atoms with Gasteiger partial charge in [0.15, 0.2) is 5.69 Å². The molecule has 1 aromatic heterocycles. The summed E-state index contributed by atoms with van der Waals surface area (Å²) in [5.74, 6) is 0.110. The van der Waals surface area contributed by atoms with Gasteiger partial charge in [-0.25, -0.2) is 4.39 Å². The van der Waals surface area contributed by atoms with E-state index in [1.165, 1.54) is 12.3 Å². The molecule has 7 heteroatoms. The van der Waals surface area contributed by atoms with E-state index in [0.29, 0.717) is 31.2 Å². The molecule has 0 bridgehead atoms. The molecule has 0 aliphatic carbocycles. The van der Waals surface area contributed by atoms with Crippen molar-refractivity contribution in [3.05, 3.63) is 53.7 Å². The number of hydrogen-bond donors (Lipinski definition) is 0. The fourth-order valence-corrected chi connectivity index (χ4v) is 3.70. The number of benzene rings is 1. The average Bonchev–Trinajstić information content (AvgIpc) is 3.21. The Hall–Kier alpha value is -2.25. The van der Waals surface area contributed by atoms with Crippen LogP contribution in [0.1, 0.15) is 28.9 Å². The van der Waals surface area contributed by atoms with Gasteiger partial charge in [-0.05, 0) is 45.5 Å². The zero-order valence-corrected chi connectivity index (χ0v) is 16.7. The van der Waals surface area contributed by atoms with E-state index in [0.717, 1.165) is 38.0 Å². The summed E-state index contributed by atoms with van der Waals surface area (Å²) < 4.78 is 18.8. The van der Waals surface area contributed by atoms with E-state index >= 15 is 0 Å². The Kier molecular flexibility index (Phi) is 7.17. The Balaban J connectivity index is 1.62. The number of piperidine rings is 1. The number of nitrogens with zero attached hydrogens (tertiary/aromatic N) is 4. The first-order valence-corrected chi connectivity index (χ1v) is 9.83. The van der Waals surface area contributed by atoms with Crippen molar-refractivity contribution in [2.45, 2.75) is 19.4 Å². The smallest absolute Gasteiger partial charge is 0.276 e. The summed E-state index contributed by atoms with van der Waals surface area (Å²) in [6.45, 7) is 4.53. The quantitative estimate of drug-likeness (QED) is 0.696. The van der Waals surface area contributed by atoms with Crippen LogP contribution in [0.5, 0.6) is 0 Å². The molecule has 1 aliphatic heterocycles. The molecule has 1 aliphatic rings. The molecule has 1 fully saturated rings. The van der Waals surface area contributed by atoms with Crippen molar-refractivity contribution in [3.8, 4) is 0 Å². The lowest BCUT2D eigenvalue weighted by Crippen LogP contribution is -2.44. The fourth-order valence-electron chi connectivity index (χ4n) is 3.70. The van der Waals surface area contributed by atoms with Gasteiger partial charge in [0.05, 0.1) is 0 Å². The standard InChI is InChI=1S/C21H29FN4O2/c1-24(2)11-12-26(21(27)20-9-13-28-23-20)15-17-6-5-10-25(14-17)16-18-7-3-4-8-19(18)22/h3-4,7-9,13,17H,5-6,10-12,14-16H2,1-2H3/t17-/m1/s1. The van der Waals surface area contributed by atoms with E-state index in [1.54, 1.807) is 12.1 Å². The molecule has 0 unspecified atom stereocenters. The summed E-state index contributed by atoms with van der Waals surface area (Å²) in [5, 5.41) is 3.81. The zero-order valence-electron chi connectivity index (χ0n) is 16.7. The van der Waals surface area contributed by atoms with Crippen LogP contribution in [0.4, 0.5) is 4.39 Å². The van der Waals surface area contributed by atoms with Gasteiger partial charge in [0.2, 0.25) is 0 Å². The van der Waals surface area contributed by atoms with Crippen LogP contribution in [0.15, 0.2) is 41.1 Å². The van der Waals surface area contributed by atoms with Gasteiger partial charge in [-0.1, -0.05) is 23.4 Å². The van der Waals surface area contributed by atoms with Crippen LogP contribution in [-0.2, 0) is 6.54 Å². The number of carbonyl (C=O) groups excluding carboxylic acids is 1. The van der Waals surface area contributed by atoms with Gasteiger partial charge in [-0.2, -0.15) is 0 Å². The van der Waals surface area contributed by atoms with Crippen LogP contribution in [-0.4, -0.2) is 72.6 Å². The first-order valence-electron chi connectivity index (χ1n) is 9.83. The molecule has 0 N–H and O–H groups in total. The number of halogens is 1. The Morgan fingerprint density at radius 1 is 1.29 bits per heavy atom. The molecule has 3 rings (SSSR count). The molecule has 1 amide bonds. The van der Waals surface area contributed by atoms with Gasteiger partial charge in [-0.3, -0.25) is 9.69 Å². The predicted octanol–water partition coefficient (Wildman–Crippen LogP) is 2.73. The van der Waals surface area contributed by atoms with Crippen molar-refractivity contribution in [2.75, 3.05) is 46.8 Å². The van der Waals surface area contributed by atoms with Gasteiger partial charge < -0.3 is 14.3 Å². The third kappa shape index (κ3) is 5.62. The molecule has 2 aromatic rings. The van der Waals surface area contributed by atoms with Crippen molar-refractivity contribution in [1.29, 1.82) is 0 Å². The number of rotatable bonds is 8. The lowest BCUT2D eigenvalue weighted by Gasteiger charge is -2.36. The highest BCUT2D eigenvalue weighted by Gasteiger charge is 2.26. The van der Waals surface area contributed by atoms with Crippen LogP contribution in [0, 0.1) is 11.7 Å². The minimum atomic E-state index is -0.154. The van der Waals surface area contributed by atoms with Crippen LogP contribution in [0.25, 0.3) is 0 Å². The maximum absolute atomic E-state index is 14.0. The average molecular weight is 388 g/mol. The first-order chi connectivity index (χ1) is 13.5. The highest BCUT2D eigenvalue weighted by molar-refractivity contribution is 5.92. The second-order valence-electron chi connectivity index (χ2n) is 7.77. The molecule has 1 saturated heterocycles. The lowest BCUT2D eigenvalue weighted by atomic mass is 9.96. The van der Waals surface area contributed by atoms with Crippen molar-refractivity contribution >= 4 is 5.91 Å². The number of amides is 1. The van der Waals surface area contributed by atoms with Crippen molar-refractivity contribution in [1.82, 2.24) is 19.9 Å². The van der Waals surface area contributed by atoms with Crippen molar-refractivity contribution < 1.29 is 13.7 Å². The summed E-state index contributed by atoms with van der Waals surface area (Å²) in [6, 6.07) is 8.55. The molecule has 6 nitrogen and oxygen atoms in total. The molecular weight excluding hydrogens is 359 g/mol. The number of carbonyl (C=O) groups is 1. The minimum Gasteiger partial charge on any atom is -0.364 e. The van der Waals surface area contributed by atoms with E-state index in [1.807, 2.05) is 31.1 Å². The maximum Gasteiger partial charge on any atom is 0.276 e. The third-order valence-electron chi connectivity index (χ3n) is 5.19. The summed E-state index contributed by atoms with van der Waals surface area (Å²) in [4.78, 5) is 19.1. The minimum absolute atomic E-state index is 0.0955. The normalized spacial score (nSPS) is 17.8. The Bertz CT molecular complexity index is 751. The topological polar surface area (TPSA) is 52.8 Å². The predicted molar refractivity (Wildman–Crippen MR) is 105 cm³/mol. The van der Waals surface area contributed by atoms with Gasteiger partial charge in [0.1, 0.15) is 12.1 Å². The van der Waals surface area contributed by atoms with Crippen LogP contribution in [0.3, 0.4) is 0 Å². The summed E-state index contributed by atoms with van der Waals surface area (Å²) in [7, 11) is 3.99. The second-order valence-corrected chi connectivity index (χ2v) is 7.77. The van der Waals surface area contributed by atoms with E-state index in [2.05, 4.69) is 15.0 Å². The Morgan fingerprint density at radius 2 is 2.11 bits per heavy atom. The zero-order chi connectivity index (χ0) is 19.9. The fraction of sp³-hybridized carbons (Fsp3) is 0.524. The van der Waals surface area contributed by atoms with Crippen LogP contribution >= 0.6 is 0 Å². The summed E-state index contributed by atoms with van der Waals surface area (Å²) in [5.41, 5.74) is 1.07. The molecule has 0 saturated carbocycles. The van der Waals surface area contributed by atoms with Gasteiger partial charge in [-0.15, -0.1) is 0 Å². The monoisotopic (exact) mass is 388 g/mol. The summed E-state index contributed by atoms with van der Waals surface area (Å²) >= 11 is 0. The van der Waals surface area contributed by atoms with E-state index in [-0.39, 0.29) is 11.7 Å². The molecule has 28 heavy (non-hydrogen) atoms. The molecule has 2 heterocycles. The molecule has 0 radical (unpaired) electrons. The van der Waals surface area contributed by atoms with Crippen molar-refractivity contribution in [2.24, 2.45) is 5.92 Å². The van der Waals surface area contributed by atoms with E-state index < -0.39 is 0 Å². The molecule has 0 spiro atoms. The molecular formula is C21H29FN4O2. The number of likely N-dealkylation sites (tertiary alicyclic amines) is 1. The van der Waals surface area contributed by atoms with E-state index in [9.17, 15) is 9.18 Å². The number of aromatic nitrogens is 1. The first kappa shape index (κ1) is 20.5. The number of hydrogen-bond acceptors (Lipinski definition) is 5. The SMILES string of the molecule is CN(C)CCN(C[C@@H]1CCCN(Cc2ccccc2F)C1)C(=O)c1ccon1. The molecule has 1 atom stereocenters. The molecule has 1 aromatic carbocycles. The lowest BCUT2D eigenvalue weighted by molar-refractivity contribution is 0.0650. The third-order valence-corrected chi connectivity index (χ3v) is 5.19. The largest absolute Gasteiger partial charge is 0.364 e. The van der Waals surface area contributed by atoms with Crippen LogP contribution in [0.2, 0.25) is 0 Å². The Labute approximate surface area is 165 Å². The van der Waals surface area contributed by atoms with Crippen molar-refractivity contribution in [3.63, 3.8) is 0 Å². The van der Waals surface area contributed by atoms with Crippen LogP contribution < -0.4 is 0 Å². The van der Waals surface area contributed by atoms with Gasteiger partial charge >= 0.3 is 0 Å². The van der Waals surface area contributed by atoms with Gasteiger partial charge in [0.25, 0.3) is 5.91 Å². The second kappa shape index (κ2) is 9.80. The molecule has 152 valence electrons. The maximum atomic E-state index is 14.0.